The summed E-state index contributed by atoms with van der Waals surface area (Å²) < 4.78 is 30.8. The summed E-state index contributed by atoms with van der Waals surface area (Å²) in [5.41, 5.74) is 4.53. The summed E-state index contributed by atoms with van der Waals surface area (Å²) in [5, 5.41) is 0. The van der Waals surface area contributed by atoms with Crippen molar-refractivity contribution in [2.45, 2.75) is 0 Å². The van der Waals surface area contributed by atoms with Gasteiger partial charge in [-0.3, -0.25) is 4.79 Å². The minimum absolute atomic E-state index is 0. The second-order valence-electron chi connectivity index (χ2n) is 3.16. The Morgan fingerprint density at radius 2 is 1.83 bits per heavy atom. The summed E-state index contributed by atoms with van der Waals surface area (Å²) in [6, 6.07) is 2.60. The molecule has 96 valence electrons. The lowest BCUT2D eigenvalue weighted by atomic mass is 10.3. The molecule has 0 fully saturated rings. The van der Waals surface area contributed by atoms with E-state index in [0.717, 1.165) is 18.5 Å². The van der Waals surface area contributed by atoms with Crippen molar-refractivity contribution < 1.29 is 13.5 Å². The first-order valence-electron chi connectivity index (χ1n) is 4.53. The summed E-state index contributed by atoms with van der Waals surface area (Å²) in [6.45, 7) is 0. The molecule has 0 radical (unpaired) electrons. The second-order valence-corrected chi connectivity index (χ2v) is 3.16. The van der Waals surface area contributed by atoms with E-state index in [4.69, 9.17) is 10.5 Å². The Labute approximate surface area is 106 Å². The number of aromatic nitrogens is 2. The van der Waals surface area contributed by atoms with Crippen molar-refractivity contribution in [2.24, 2.45) is 0 Å². The summed E-state index contributed by atoms with van der Waals surface area (Å²) in [7, 11) is 0. The van der Waals surface area contributed by atoms with Gasteiger partial charge >= 0.3 is 0 Å². The molecule has 0 aliphatic carbocycles. The Balaban J connectivity index is 0.00000162. The molecule has 1 heterocycles. The van der Waals surface area contributed by atoms with E-state index in [2.05, 4.69) is 9.97 Å². The average Bonchev–Trinajstić information content (AvgIpc) is 2.23. The monoisotopic (exact) mass is 275 g/mol. The highest BCUT2D eigenvalue weighted by atomic mass is 35.5. The topological polar surface area (TPSA) is 81.0 Å². The lowest BCUT2D eigenvalue weighted by molar-refractivity contribution is 0.452. The van der Waals surface area contributed by atoms with E-state index in [1.165, 1.54) is 0 Å². The normalized spacial score (nSPS) is 9.67. The molecule has 3 N–H and O–H groups in total. The number of nitrogen functional groups attached to an aromatic ring is 1. The van der Waals surface area contributed by atoms with E-state index in [-0.39, 0.29) is 29.7 Å². The van der Waals surface area contributed by atoms with Crippen LogP contribution in [0.1, 0.15) is 0 Å². The van der Waals surface area contributed by atoms with Gasteiger partial charge in [0.2, 0.25) is 5.88 Å². The van der Waals surface area contributed by atoms with Gasteiger partial charge in [-0.25, -0.2) is 13.8 Å². The second kappa shape index (κ2) is 5.46. The number of benzene rings is 1. The summed E-state index contributed by atoms with van der Waals surface area (Å²) in [4.78, 5) is 17.0. The molecule has 0 aliphatic heterocycles. The van der Waals surface area contributed by atoms with E-state index in [1.807, 2.05) is 0 Å². The molecule has 0 atom stereocenters. The third-order valence-electron chi connectivity index (χ3n) is 1.90. The molecule has 1 aromatic heterocycles. The number of aromatic amines is 1. The van der Waals surface area contributed by atoms with E-state index in [9.17, 15) is 13.6 Å². The molecule has 0 amide bonds. The molecule has 0 spiro atoms. The molecule has 18 heavy (non-hydrogen) atoms. The fraction of sp³-hybridized carbons (Fsp3) is 0. The summed E-state index contributed by atoms with van der Waals surface area (Å²) in [5.74, 6) is -1.95. The number of halogens is 3. The van der Waals surface area contributed by atoms with Gasteiger partial charge in [0, 0.05) is 18.2 Å². The van der Waals surface area contributed by atoms with Crippen molar-refractivity contribution in [3.8, 4) is 11.6 Å². The zero-order valence-electron chi connectivity index (χ0n) is 8.81. The number of hydrogen-bond acceptors (Lipinski definition) is 4. The predicted molar refractivity (Wildman–Crippen MR) is 63.0 cm³/mol. The van der Waals surface area contributed by atoms with Gasteiger partial charge in [-0.05, 0) is 0 Å². The van der Waals surface area contributed by atoms with Gasteiger partial charge in [-0.2, -0.15) is 0 Å². The van der Waals surface area contributed by atoms with Crippen molar-refractivity contribution >= 4 is 18.1 Å². The summed E-state index contributed by atoms with van der Waals surface area (Å²) >= 11 is 0. The van der Waals surface area contributed by atoms with Crippen molar-refractivity contribution in [2.75, 3.05) is 5.73 Å². The predicted octanol–water partition coefficient (Wildman–Crippen LogP) is 1.84. The maximum atomic E-state index is 12.9. The van der Waals surface area contributed by atoms with Crippen molar-refractivity contribution in [3.63, 3.8) is 0 Å². The molecule has 0 bridgehead atoms. The molecule has 0 saturated heterocycles. The Morgan fingerprint density at radius 1 is 1.22 bits per heavy atom. The minimum atomic E-state index is -0.802. The molecule has 2 aromatic rings. The SMILES string of the molecule is Cl.Nc1c(Oc2cc(F)cc(F)c2)nc[nH]c1=O. The fourth-order valence-electron chi connectivity index (χ4n) is 1.17. The standard InChI is InChI=1S/C10H7F2N3O2.ClH/c11-5-1-6(12)3-7(2-5)17-10-8(13)9(16)14-4-15-10;/h1-4H,13H2,(H,14,15,16);1H. The number of nitrogens with zero attached hydrogens (tertiary/aromatic N) is 1. The van der Waals surface area contributed by atoms with E-state index >= 15 is 0 Å². The van der Waals surface area contributed by atoms with Gasteiger partial charge < -0.3 is 15.5 Å². The number of H-pyrrole nitrogens is 1. The van der Waals surface area contributed by atoms with Crippen molar-refractivity contribution in [1.29, 1.82) is 0 Å². The smallest absolute Gasteiger partial charge is 0.277 e. The Hall–Kier alpha value is -2.15. The highest BCUT2D eigenvalue weighted by molar-refractivity contribution is 5.85. The van der Waals surface area contributed by atoms with E-state index < -0.39 is 17.2 Å². The minimum Gasteiger partial charge on any atom is -0.437 e. The molecule has 0 unspecified atom stereocenters. The number of nitrogens with one attached hydrogen (secondary N) is 1. The Bertz CT molecular complexity index is 598. The zero-order chi connectivity index (χ0) is 12.4. The van der Waals surface area contributed by atoms with E-state index in [1.54, 1.807) is 0 Å². The van der Waals surface area contributed by atoms with Crippen LogP contribution in [-0.4, -0.2) is 9.97 Å². The lowest BCUT2D eigenvalue weighted by Crippen LogP contribution is -2.13. The quantitative estimate of drug-likeness (QED) is 0.876. The number of rotatable bonds is 2. The molecule has 1 aromatic carbocycles. The average molecular weight is 276 g/mol. The van der Waals surface area contributed by atoms with Crippen LogP contribution in [0.4, 0.5) is 14.5 Å². The van der Waals surface area contributed by atoms with Crippen LogP contribution in [0.3, 0.4) is 0 Å². The van der Waals surface area contributed by atoms with Crippen molar-refractivity contribution in [3.05, 3.63) is 46.5 Å². The number of anilines is 1. The van der Waals surface area contributed by atoms with Gasteiger partial charge in [-0.15, -0.1) is 12.4 Å². The first kappa shape index (κ1) is 13.9. The van der Waals surface area contributed by atoms with Crippen LogP contribution in [0.5, 0.6) is 11.6 Å². The largest absolute Gasteiger partial charge is 0.437 e. The van der Waals surface area contributed by atoms with E-state index in [0.29, 0.717) is 6.07 Å². The molecule has 0 aliphatic rings. The van der Waals surface area contributed by atoms with Crippen LogP contribution in [0.15, 0.2) is 29.3 Å². The molecule has 8 heteroatoms. The third kappa shape index (κ3) is 2.95. The van der Waals surface area contributed by atoms with Crippen LogP contribution in [0, 0.1) is 11.6 Å². The lowest BCUT2D eigenvalue weighted by Gasteiger charge is -2.06. The number of nitrogens with two attached hydrogens (primary N) is 1. The van der Waals surface area contributed by atoms with Crippen LogP contribution in [-0.2, 0) is 0 Å². The zero-order valence-corrected chi connectivity index (χ0v) is 9.63. The van der Waals surface area contributed by atoms with Gasteiger partial charge in [0.25, 0.3) is 5.56 Å². The van der Waals surface area contributed by atoms with Crippen LogP contribution < -0.4 is 16.0 Å². The van der Waals surface area contributed by atoms with Crippen molar-refractivity contribution in [1.82, 2.24) is 9.97 Å². The van der Waals surface area contributed by atoms with Gasteiger partial charge in [0.15, 0.2) is 5.69 Å². The number of ether oxygens (including phenoxy) is 1. The first-order chi connectivity index (χ1) is 8.06. The van der Waals surface area contributed by atoms with Crippen LogP contribution >= 0.6 is 12.4 Å². The molecule has 0 saturated carbocycles. The van der Waals surface area contributed by atoms with Crippen LogP contribution in [0.25, 0.3) is 0 Å². The van der Waals surface area contributed by atoms with Gasteiger partial charge in [0.05, 0.1) is 6.33 Å². The Morgan fingerprint density at radius 3 is 2.44 bits per heavy atom. The van der Waals surface area contributed by atoms with Crippen LogP contribution in [0.2, 0.25) is 0 Å². The number of hydrogen-bond donors (Lipinski definition) is 2. The molecule has 5 nitrogen and oxygen atoms in total. The van der Waals surface area contributed by atoms with Gasteiger partial charge in [0.1, 0.15) is 17.4 Å². The fourth-order valence-corrected chi connectivity index (χ4v) is 1.17. The Kier molecular flexibility index (Phi) is 4.22. The molecular formula is C10H8ClF2N3O2. The highest BCUT2D eigenvalue weighted by Crippen LogP contribution is 2.23. The third-order valence-corrected chi connectivity index (χ3v) is 1.90. The molecular weight excluding hydrogens is 268 g/mol. The highest BCUT2D eigenvalue weighted by Gasteiger charge is 2.08. The maximum Gasteiger partial charge on any atom is 0.277 e. The van der Waals surface area contributed by atoms with Gasteiger partial charge in [-0.1, -0.05) is 0 Å². The maximum absolute atomic E-state index is 12.9. The summed E-state index contributed by atoms with van der Waals surface area (Å²) in [6.07, 6.45) is 1.07. The molecule has 2 rings (SSSR count). The first-order valence-corrected chi connectivity index (χ1v) is 4.53.